The van der Waals surface area contributed by atoms with E-state index in [1.165, 1.54) is 12.1 Å². The molecule has 6 nitrogen and oxygen atoms in total. The Balaban J connectivity index is 2.17. The maximum absolute atomic E-state index is 10.9. The van der Waals surface area contributed by atoms with Crippen molar-refractivity contribution in [2.24, 2.45) is 7.05 Å². The van der Waals surface area contributed by atoms with Crippen molar-refractivity contribution in [3.05, 3.63) is 50.8 Å². The van der Waals surface area contributed by atoms with Crippen LogP contribution in [0.3, 0.4) is 0 Å². The molecule has 0 aliphatic rings. The normalized spacial score (nSPS) is 10.9. The lowest BCUT2D eigenvalue weighted by Crippen LogP contribution is -2.03. The summed E-state index contributed by atoms with van der Waals surface area (Å²) in [7, 11) is 1.88. The molecule has 0 aliphatic carbocycles. The van der Waals surface area contributed by atoms with Crippen LogP contribution >= 0.6 is 11.6 Å². The number of benzene rings is 1. The van der Waals surface area contributed by atoms with Gasteiger partial charge in [0.25, 0.3) is 5.69 Å². The van der Waals surface area contributed by atoms with Crippen molar-refractivity contribution in [3.63, 3.8) is 0 Å². The van der Waals surface area contributed by atoms with Crippen LogP contribution in [0.15, 0.2) is 24.4 Å². The number of hydrogen-bond acceptors (Lipinski definition) is 4. The number of hydrogen-bond donors (Lipinski definition) is 1. The second kappa shape index (κ2) is 6.13. The van der Waals surface area contributed by atoms with E-state index in [0.29, 0.717) is 18.2 Å². The van der Waals surface area contributed by atoms with Crippen LogP contribution in [0.4, 0.5) is 11.4 Å². The zero-order chi connectivity index (χ0) is 15.6. The average Bonchev–Trinajstić information content (AvgIpc) is 2.79. The highest BCUT2D eigenvalue weighted by molar-refractivity contribution is 6.32. The molecule has 2 rings (SSSR count). The van der Waals surface area contributed by atoms with E-state index in [9.17, 15) is 10.1 Å². The number of rotatable bonds is 5. The molecule has 1 heterocycles. The summed E-state index contributed by atoms with van der Waals surface area (Å²) in [5.41, 5.74) is 2.65. The van der Waals surface area contributed by atoms with Crippen LogP contribution in [0.2, 0.25) is 5.02 Å². The van der Waals surface area contributed by atoms with E-state index in [0.717, 1.165) is 11.3 Å². The Morgan fingerprint density at radius 3 is 2.81 bits per heavy atom. The minimum atomic E-state index is -0.489. The van der Waals surface area contributed by atoms with Gasteiger partial charge in [0, 0.05) is 37.1 Å². The van der Waals surface area contributed by atoms with Crippen molar-refractivity contribution in [2.75, 3.05) is 5.32 Å². The molecule has 7 heteroatoms. The van der Waals surface area contributed by atoms with Gasteiger partial charge in [0.1, 0.15) is 5.02 Å². The first-order chi connectivity index (χ1) is 9.88. The predicted octanol–water partition coefficient (Wildman–Crippen LogP) is 3.72. The van der Waals surface area contributed by atoms with Gasteiger partial charge in [0.05, 0.1) is 10.6 Å². The van der Waals surface area contributed by atoms with Crippen molar-refractivity contribution in [3.8, 4) is 0 Å². The predicted molar refractivity (Wildman–Crippen MR) is 82.7 cm³/mol. The van der Waals surface area contributed by atoms with E-state index in [4.69, 9.17) is 11.6 Å². The number of anilines is 1. The number of halogens is 1. The summed E-state index contributed by atoms with van der Waals surface area (Å²) in [4.78, 5) is 10.4. The highest BCUT2D eigenvalue weighted by atomic mass is 35.5. The lowest BCUT2D eigenvalue weighted by Gasteiger charge is -2.08. The Bertz CT molecular complexity index is 667. The molecule has 0 amide bonds. The summed E-state index contributed by atoms with van der Waals surface area (Å²) < 4.78 is 1.77. The second-order valence-corrected chi connectivity index (χ2v) is 5.55. The Morgan fingerprint density at radius 1 is 1.48 bits per heavy atom. The van der Waals surface area contributed by atoms with Crippen LogP contribution in [-0.2, 0) is 13.6 Å². The maximum Gasteiger partial charge on any atom is 0.289 e. The van der Waals surface area contributed by atoms with Crippen LogP contribution in [-0.4, -0.2) is 14.7 Å². The van der Waals surface area contributed by atoms with Gasteiger partial charge in [0.2, 0.25) is 0 Å². The zero-order valence-corrected chi connectivity index (χ0v) is 12.9. The molecule has 2 aromatic rings. The van der Waals surface area contributed by atoms with Crippen molar-refractivity contribution in [2.45, 2.75) is 26.3 Å². The summed E-state index contributed by atoms with van der Waals surface area (Å²) in [6.07, 6.45) is 1.95. The van der Waals surface area contributed by atoms with Crippen LogP contribution < -0.4 is 5.32 Å². The number of aromatic nitrogens is 2. The summed E-state index contributed by atoms with van der Waals surface area (Å²) in [5, 5.41) is 18.6. The van der Waals surface area contributed by atoms with E-state index in [-0.39, 0.29) is 10.7 Å². The van der Waals surface area contributed by atoms with Gasteiger partial charge in [-0.1, -0.05) is 25.4 Å². The molecule has 0 radical (unpaired) electrons. The lowest BCUT2D eigenvalue weighted by atomic mass is 10.1. The third kappa shape index (κ3) is 3.52. The van der Waals surface area contributed by atoms with E-state index in [1.54, 1.807) is 10.7 Å². The Morgan fingerprint density at radius 2 is 2.19 bits per heavy atom. The minimum Gasteiger partial charge on any atom is -0.381 e. The minimum absolute atomic E-state index is 0.100. The molecule has 112 valence electrons. The number of nitrogens with one attached hydrogen (secondary N) is 1. The third-order valence-corrected chi connectivity index (χ3v) is 3.43. The number of nitro groups is 1. The summed E-state index contributed by atoms with van der Waals surface area (Å²) >= 11 is 5.80. The van der Waals surface area contributed by atoms with Gasteiger partial charge in [-0.25, -0.2) is 0 Å². The SMILES string of the molecule is CC(C)c1nn(C)cc1CNc1ccc(Cl)c([N+](=O)[O-])c1. The van der Waals surface area contributed by atoms with Crippen LogP contribution in [0.1, 0.15) is 31.0 Å². The van der Waals surface area contributed by atoms with Crippen molar-refractivity contribution in [1.29, 1.82) is 0 Å². The van der Waals surface area contributed by atoms with Gasteiger partial charge in [-0.3, -0.25) is 14.8 Å². The standard InChI is InChI=1S/C14H17ClN4O2/c1-9(2)14-10(8-18(3)17-14)7-16-11-4-5-12(15)13(6-11)19(20)21/h4-6,8-9,16H,7H2,1-3H3. The molecule has 0 fully saturated rings. The van der Waals surface area contributed by atoms with Gasteiger partial charge >= 0.3 is 0 Å². The van der Waals surface area contributed by atoms with Crippen molar-refractivity contribution < 1.29 is 4.92 Å². The summed E-state index contributed by atoms with van der Waals surface area (Å²) in [6, 6.07) is 4.68. The molecule has 1 N–H and O–H groups in total. The fraction of sp³-hybridized carbons (Fsp3) is 0.357. The quantitative estimate of drug-likeness (QED) is 0.675. The fourth-order valence-electron chi connectivity index (χ4n) is 2.14. The molecule has 21 heavy (non-hydrogen) atoms. The molecule has 0 spiro atoms. The molecule has 1 aromatic carbocycles. The molecular weight excluding hydrogens is 292 g/mol. The van der Waals surface area contributed by atoms with Crippen molar-refractivity contribution in [1.82, 2.24) is 9.78 Å². The van der Waals surface area contributed by atoms with Crippen molar-refractivity contribution >= 4 is 23.0 Å². The molecule has 0 unspecified atom stereocenters. The summed E-state index contributed by atoms with van der Waals surface area (Å²) in [5.74, 6) is 0.322. The first-order valence-corrected chi connectivity index (χ1v) is 6.96. The van der Waals surface area contributed by atoms with E-state index in [2.05, 4.69) is 24.3 Å². The first-order valence-electron chi connectivity index (χ1n) is 6.58. The number of nitrogens with zero attached hydrogens (tertiary/aromatic N) is 3. The molecular formula is C14H17ClN4O2. The smallest absolute Gasteiger partial charge is 0.289 e. The lowest BCUT2D eigenvalue weighted by molar-refractivity contribution is -0.384. The van der Waals surface area contributed by atoms with Crippen LogP contribution in [0.5, 0.6) is 0 Å². The van der Waals surface area contributed by atoms with E-state index in [1.807, 2.05) is 13.2 Å². The first kappa shape index (κ1) is 15.3. The highest BCUT2D eigenvalue weighted by Crippen LogP contribution is 2.28. The molecule has 1 aromatic heterocycles. The van der Waals surface area contributed by atoms with E-state index < -0.39 is 4.92 Å². The van der Waals surface area contributed by atoms with E-state index >= 15 is 0 Å². The number of aryl methyl sites for hydroxylation is 1. The van der Waals surface area contributed by atoms with Crippen LogP contribution in [0, 0.1) is 10.1 Å². The fourth-order valence-corrected chi connectivity index (χ4v) is 2.32. The Labute approximate surface area is 127 Å². The number of nitro benzene ring substituents is 1. The molecule has 0 bridgehead atoms. The Hall–Kier alpha value is -2.08. The van der Waals surface area contributed by atoms with Gasteiger partial charge in [0.15, 0.2) is 0 Å². The van der Waals surface area contributed by atoms with Crippen LogP contribution in [0.25, 0.3) is 0 Å². The molecule has 0 saturated heterocycles. The Kier molecular flexibility index (Phi) is 4.47. The van der Waals surface area contributed by atoms with Gasteiger partial charge in [-0.2, -0.15) is 5.10 Å². The zero-order valence-electron chi connectivity index (χ0n) is 12.1. The topological polar surface area (TPSA) is 73.0 Å². The van der Waals surface area contributed by atoms with Gasteiger partial charge in [-0.15, -0.1) is 0 Å². The van der Waals surface area contributed by atoms with Gasteiger partial charge < -0.3 is 5.32 Å². The summed E-state index contributed by atoms with van der Waals surface area (Å²) in [6.45, 7) is 4.72. The monoisotopic (exact) mass is 308 g/mol. The second-order valence-electron chi connectivity index (χ2n) is 5.14. The highest BCUT2D eigenvalue weighted by Gasteiger charge is 2.14. The average molecular weight is 309 g/mol. The van der Waals surface area contributed by atoms with Gasteiger partial charge in [-0.05, 0) is 18.1 Å². The molecule has 0 aliphatic heterocycles. The maximum atomic E-state index is 10.9. The molecule has 0 atom stereocenters. The molecule has 0 saturated carbocycles. The third-order valence-electron chi connectivity index (χ3n) is 3.11. The largest absolute Gasteiger partial charge is 0.381 e.